The molecule has 4 nitrogen and oxygen atoms in total. The third-order valence-corrected chi connectivity index (χ3v) is 4.06. The molecular weight excluding hydrogens is 364 g/mol. The molecule has 0 bridgehead atoms. The molecule has 0 amide bonds. The molecule has 2 N–H and O–H groups in total. The first-order valence-electron chi connectivity index (χ1n) is 10.9. The molecule has 1 atom stereocenters. The normalized spacial score (nSPS) is 13.6. The van der Waals surface area contributed by atoms with E-state index >= 15 is 0 Å². The molecule has 0 fully saturated rings. The lowest BCUT2D eigenvalue weighted by Gasteiger charge is -2.08. The number of hydrogen-bond donors (Lipinski definition) is 2. The number of unbranched alkanes of at least 4 members (excludes halogenated alkanes) is 3. The van der Waals surface area contributed by atoms with Crippen LogP contribution in [0.5, 0.6) is 0 Å². The maximum Gasteiger partial charge on any atom is 0.305 e. The Hall–Kier alpha value is -1.91. The molecule has 0 rings (SSSR count). The molecular formula is C25H40O4. The minimum absolute atomic E-state index is 0.130. The molecule has 0 aromatic rings. The number of ether oxygens (including phenoxy) is 1. The Morgan fingerprint density at radius 2 is 1.31 bits per heavy atom. The van der Waals surface area contributed by atoms with Crippen LogP contribution < -0.4 is 0 Å². The Kier molecular flexibility index (Phi) is 20.9. The van der Waals surface area contributed by atoms with Crippen LogP contribution in [0.25, 0.3) is 0 Å². The molecule has 0 aliphatic carbocycles. The molecule has 0 radical (unpaired) electrons. The standard InChI is InChI=1S/C25H40O4/c1-2-3-4-5-6-7-8-9-10-11-12-13-14-15-16-17-18-19-20-21-25(28)29-23-24(27)22-26/h3-4,6-7,9-10,12-13,15-16,24,26-27H,2,5,8,11,14,17-23H2,1H3/t24-/m0/s1. The van der Waals surface area contributed by atoms with E-state index in [1.165, 1.54) is 0 Å². The van der Waals surface area contributed by atoms with Crippen molar-refractivity contribution in [2.45, 2.75) is 77.2 Å². The molecule has 0 heterocycles. The van der Waals surface area contributed by atoms with Crippen LogP contribution in [0.3, 0.4) is 0 Å². The topological polar surface area (TPSA) is 66.8 Å². The zero-order chi connectivity index (χ0) is 21.4. The van der Waals surface area contributed by atoms with Gasteiger partial charge in [0.05, 0.1) is 6.61 Å². The highest BCUT2D eigenvalue weighted by molar-refractivity contribution is 5.69. The summed E-state index contributed by atoms with van der Waals surface area (Å²) in [6, 6.07) is 0. The molecule has 29 heavy (non-hydrogen) atoms. The molecule has 0 saturated heterocycles. The summed E-state index contributed by atoms with van der Waals surface area (Å²) >= 11 is 0. The van der Waals surface area contributed by atoms with Crippen LogP contribution in [-0.4, -0.2) is 35.5 Å². The van der Waals surface area contributed by atoms with Gasteiger partial charge in [-0.05, 0) is 51.4 Å². The number of hydrogen-bond acceptors (Lipinski definition) is 4. The van der Waals surface area contributed by atoms with Crippen molar-refractivity contribution in [2.24, 2.45) is 0 Å². The van der Waals surface area contributed by atoms with Crippen molar-refractivity contribution >= 4 is 5.97 Å². The third-order valence-electron chi connectivity index (χ3n) is 4.06. The van der Waals surface area contributed by atoms with Crippen LogP contribution >= 0.6 is 0 Å². The SMILES string of the molecule is CCC=CCC=CCC=CCC=CCC=CCCCCCC(=O)OC[C@@H](O)CO. The summed E-state index contributed by atoms with van der Waals surface area (Å²) < 4.78 is 4.85. The smallest absolute Gasteiger partial charge is 0.305 e. The molecule has 0 unspecified atom stereocenters. The average Bonchev–Trinajstić information content (AvgIpc) is 2.73. The Bertz CT molecular complexity index is 515. The highest BCUT2D eigenvalue weighted by Crippen LogP contribution is 2.05. The number of esters is 1. The predicted molar refractivity (Wildman–Crippen MR) is 122 cm³/mol. The fourth-order valence-electron chi connectivity index (χ4n) is 2.39. The van der Waals surface area contributed by atoms with E-state index in [0.717, 1.165) is 57.8 Å². The Morgan fingerprint density at radius 1 is 0.793 bits per heavy atom. The highest BCUT2D eigenvalue weighted by Gasteiger charge is 2.07. The zero-order valence-corrected chi connectivity index (χ0v) is 18.0. The summed E-state index contributed by atoms with van der Waals surface area (Å²) in [5.74, 6) is -0.313. The minimum Gasteiger partial charge on any atom is -0.463 e. The lowest BCUT2D eigenvalue weighted by atomic mass is 10.1. The van der Waals surface area contributed by atoms with Crippen LogP contribution in [0.15, 0.2) is 60.8 Å². The second-order valence-corrected chi connectivity index (χ2v) is 6.83. The van der Waals surface area contributed by atoms with Crippen molar-refractivity contribution in [3.05, 3.63) is 60.8 Å². The van der Waals surface area contributed by atoms with Gasteiger partial charge in [0, 0.05) is 6.42 Å². The summed E-state index contributed by atoms with van der Waals surface area (Å²) in [5, 5.41) is 17.7. The van der Waals surface area contributed by atoms with Gasteiger partial charge in [-0.3, -0.25) is 4.79 Å². The second kappa shape index (κ2) is 22.4. The van der Waals surface area contributed by atoms with Gasteiger partial charge in [0.25, 0.3) is 0 Å². The van der Waals surface area contributed by atoms with Gasteiger partial charge >= 0.3 is 5.97 Å². The maximum absolute atomic E-state index is 11.4. The van der Waals surface area contributed by atoms with E-state index in [9.17, 15) is 4.79 Å². The largest absolute Gasteiger partial charge is 0.463 e. The van der Waals surface area contributed by atoms with Gasteiger partial charge in [0.1, 0.15) is 12.7 Å². The van der Waals surface area contributed by atoms with Crippen LogP contribution in [-0.2, 0) is 9.53 Å². The average molecular weight is 405 g/mol. The summed E-state index contributed by atoms with van der Waals surface area (Å²) in [7, 11) is 0. The number of rotatable bonds is 18. The van der Waals surface area contributed by atoms with Crippen LogP contribution in [0.4, 0.5) is 0 Å². The lowest BCUT2D eigenvalue weighted by Crippen LogP contribution is -2.21. The van der Waals surface area contributed by atoms with Gasteiger partial charge in [-0.1, -0.05) is 74.1 Å². The van der Waals surface area contributed by atoms with E-state index in [4.69, 9.17) is 14.9 Å². The first-order valence-corrected chi connectivity index (χ1v) is 10.9. The molecule has 0 aromatic carbocycles. The van der Waals surface area contributed by atoms with Crippen LogP contribution in [0.1, 0.15) is 71.1 Å². The summed E-state index contributed by atoms with van der Waals surface area (Å²) in [6.07, 6.45) is 30.2. The third kappa shape index (κ3) is 22.2. The van der Waals surface area contributed by atoms with Gasteiger partial charge in [-0.2, -0.15) is 0 Å². The molecule has 164 valence electrons. The van der Waals surface area contributed by atoms with Crippen molar-refractivity contribution < 1.29 is 19.7 Å². The van der Waals surface area contributed by atoms with Crippen LogP contribution in [0.2, 0.25) is 0 Å². The number of aliphatic hydroxyl groups excluding tert-OH is 2. The minimum atomic E-state index is -0.978. The van der Waals surface area contributed by atoms with E-state index in [1.54, 1.807) is 0 Å². The maximum atomic E-state index is 11.4. The fourth-order valence-corrected chi connectivity index (χ4v) is 2.39. The quantitative estimate of drug-likeness (QED) is 0.178. The van der Waals surface area contributed by atoms with E-state index in [2.05, 4.69) is 67.7 Å². The van der Waals surface area contributed by atoms with Gasteiger partial charge in [-0.15, -0.1) is 0 Å². The van der Waals surface area contributed by atoms with Crippen molar-refractivity contribution in [1.29, 1.82) is 0 Å². The highest BCUT2D eigenvalue weighted by atomic mass is 16.5. The van der Waals surface area contributed by atoms with Gasteiger partial charge in [0.15, 0.2) is 0 Å². The van der Waals surface area contributed by atoms with E-state index in [-0.39, 0.29) is 19.2 Å². The number of carbonyl (C=O) groups excluding carboxylic acids is 1. The van der Waals surface area contributed by atoms with E-state index < -0.39 is 6.10 Å². The van der Waals surface area contributed by atoms with Crippen molar-refractivity contribution in [2.75, 3.05) is 13.2 Å². The Morgan fingerprint density at radius 3 is 1.83 bits per heavy atom. The molecule has 0 saturated carbocycles. The predicted octanol–water partition coefficient (Wildman–Crippen LogP) is 5.58. The van der Waals surface area contributed by atoms with Gasteiger partial charge in [-0.25, -0.2) is 0 Å². The lowest BCUT2D eigenvalue weighted by molar-refractivity contribution is -0.147. The number of allylic oxidation sites excluding steroid dienone is 10. The molecule has 0 aliphatic heterocycles. The van der Waals surface area contributed by atoms with Crippen molar-refractivity contribution in [3.8, 4) is 0 Å². The first kappa shape index (κ1) is 27.1. The van der Waals surface area contributed by atoms with Crippen molar-refractivity contribution in [3.63, 3.8) is 0 Å². The monoisotopic (exact) mass is 404 g/mol. The second-order valence-electron chi connectivity index (χ2n) is 6.83. The molecule has 0 aromatic heterocycles. The van der Waals surface area contributed by atoms with Crippen molar-refractivity contribution in [1.82, 2.24) is 0 Å². The Balaban J connectivity index is 3.47. The summed E-state index contributed by atoms with van der Waals surface area (Å²) in [6.45, 7) is 1.63. The zero-order valence-electron chi connectivity index (χ0n) is 18.0. The summed E-state index contributed by atoms with van der Waals surface area (Å²) in [5.41, 5.74) is 0. The fraction of sp³-hybridized carbons (Fsp3) is 0.560. The summed E-state index contributed by atoms with van der Waals surface area (Å²) in [4.78, 5) is 11.4. The van der Waals surface area contributed by atoms with Crippen LogP contribution in [0, 0.1) is 0 Å². The molecule has 0 aliphatic rings. The molecule has 4 heteroatoms. The van der Waals surface area contributed by atoms with E-state index in [1.807, 2.05) is 0 Å². The first-order chi connectivity index (χ1) is 14.2. The van der Waals surface area contributed by atoms with E-state index in [0.29, 0.717) is 6.42 Å². The Labute approximate surface area is 177 Å². The molecule has 0 spiro atoms. The van der Waals surface area contributed by atoms with Gasteiger partial charge in [0.2, 0.25) is 0 Å². The number of carbonyl (C=O) groups is 1. The number of aliphatic hydroxyl groups is 2. The van der Waals surface area contributed by atoms with Gasteiger partial charge < -0.3 is 14.9 Å².